The molecule has 2 aromatic rings. The lowest BCUT2D eigenvalue weighted by Gasteiger charge is -2.13. The van der Waals surface area contributed by atoms with Gasteiger partial charge in [-0.15, -0.1) is 0 Å². The maximum absolute atomic E-state index is 12.8. The first-order valence-electron chi connectivity index (χ1n) is 7.02. The SMILES string of the molecule is COc1ccc(Cl)cc1CC(=O)NCC(O)c1ccc(F)cc1. The first-order valence-corrected chi connectivity index (χ1v) is 7.40. The third-order valence-electron chi connectivity index (χ3n) is 3.34. The molecule has 0 aliphatic rings. The van der Waals surface area contributed by atoms with E-state index in [0.717, 1.165) is 0 Å². The maximum Gasteiger partial charge on any atom is 0.224 e. The number of carbonyl (C=O) groups excluding carboxylic acids is 1. The molecule has 0 aliphatic carbocycles. The van der Waals surface area contributed by atoms with Gasteiger partial charge in [0.1, 0.15) is 11.6 Å². The highest BCUT2D eigenvalue weighted by Gasteiger charge is 2.12. The molecule has 2 aromatic carbocycles. The molecule has 0 aliphatic heterocycles. The van der Waals surface area contributed by atoms with Gasteiger partial charge >= 0.3 is 0 Å². The third-order valence-corrected chi connectivity index (χ3v) is 3.58. The zero-order chi connectivity index (χ0) is 16.8. The van der Waals surface area contributed by atoms with Gasteiger partial charge in [-0.2, -0.15) is 0 Å². The molecule has 1 atom stereocenters. The Morgan fingerprint density at radius 3 is 2.65 bits per heavy atom. The Bertz CT molecular complexity index is 676. The number of carbonyl (C=O) groups is 1. The molecule has 0 spiro atoms. The normalized spacial score (nSPS) is 11.8. The molecule has 2 rings (SSSR count). The molecular weight excluding hydrogens is 321 g/mol. The van der Waals surface area contributed by atoms with E-state index in [4.69, 9.17) is 16.3 Å². The van der Waals surface area contributed by atoms with Gasteiger partial charge in [-0.3, -0.25) is 4.79 Å². The highest BCUT2D eigenvalue weighted by molar-refractivity contribution is 6.30. The van der Waals surface area contributed by atoms with Crippen molar-refractivity contribution in [3.05, 3.63) is 64.4 Å². The lowest BCUT2D eigenvalue weighted by atomic mass is 10.1. The summed E-state index contributed by atoms with van der Waals surface area (Å²) in [5.74, 6) is -0.0756. The predicted octanol–water partition coefficient (Wildman–Crippen LogP) is 2.88. The Morgan fingerprint density at radius 1 is 1.30 bits per heavy atom. The number of benzene rings is 2. The topological polar surface area (TPSA) is 58.6 Å². The van der Waals surface area contributed by atoms with Gasteiger partial charge in [-0.1, -0.05) is 23.7 Å². The summed E-state index contributed by atoms with van der Waals surface area (Å²) in [6, 6.07) is 10.5. The highest BCUT2D eigenvalue weighted by atomic mass is 35.5. The second-order valence-electron chi connectivity index (χ2n) is 5.00. The van der Waals surface area contributed by atoms with Crippen LogP contribution in [0.3, 0.4) is 0 Å². The van der Waals surface area contributed by atoms with E-state index < -0.39 is 6.10 Å². The van der Waals surface area contributed by atoms with Crippen molar-refractivity contribution in [3.63, 3.8) is 0 Å². The smallest absolute Gasteiger partial charge is 0.224 e. The number of halogens is 2. The molecule has 122 valence electrons. The molecule has 1 unspecified atom stereocenters. The van der Waals surface area contributed by atoms with E-state index in [-0.39, 0.29) is 24.7 Å². The van der Waals surface area contributed by atoms with Crippen molar-refractivity contribution >= 4 is 17.5 Å². The van der Waals surface area contributed by atoms with E-state index >= 15 is 0 Å². The standard InChI is InChI=1S/C17H17ClFNO3/c1-23-16-7-4-13(18)8-12(16)9-17(22)20-10-15(21)11-2-5-14(19)6-3-11/h2-8,15,21H,9-10H2,1H3,(H,20,22). The van der Waals surface area contributed by atoms with Crippen LogP contribution >= 0.6 is 11.6 Å². The van der Waals surface area contributed by atoms with Crippen LogP contribution in [0.4, 0.5) is 4.39 Å². The van der Waals surface area contributed by atoms with Crippen molar-refractivity contribution in [1.82, 2.24) is 5.32 Å². The second kappa shape index (κ2) is 7.94. The van der Waals surface area contributed by atoms with Crippen LogP contribution in [0.25, 0.3) is 0 Å². The Morgan fingerprint density at radius 2 is 2.00 bits per heavy atom. The first kappa shape index (κ1) is 17.2. The van der Waals surface area contributed by atoms with E-state index in [1.807, 2.05) is 0 Å². The predicted molar refractivity (Wildman–Crippen MR) is 86.1 cm³/mol. The molecule has 23 heavy (non-hydrogen) atoms. The molecule has 2 N–H and O–H groups in total. The number of aliphatic hydroxyl groups excluding tert-OH is 1. The van der Waals surface area contributed by atoms with Gasteiger partial charge in [-0.05, 0) is 35.9 Å². The fourth-order valence-electron chi connectivity index (χ4n) is 2.13. The summed E-state index contributed by atoms with van der Waals surface area (Å²) in [5.41, 5.74) is 1.20. The summed E-state index contributed by atoms with van der Waals surface area (Å²) < 4.78 is 18.0. The van der Waals surface area contributed by atoms with Crippen LogP contribution in [0.5, 0.6) is 5.75 Å². The Hall–Kier alpha value is -2.11. The van der Waals surface area contributed by atoms with Crippen LogP contribution in [0.15, 0.2) is 42.5 Å². The van der Waals surface area contributed by atoms with Crippen LogP contribution in [0, 0.1) is 5.82 Å². The fraction of sp³-hybridized carbons (Fsp3) is 0.235. The van der Waals surface area contributed by atoms with Gasteiger partial charge in [0, 0.05) is 17.1 Å². The maximum atomic E-state index is 12.8. The average Bonchev–Trinajstić information content (AvgIpc) is 2.53. The van der Waals surface area contributed by atoms with Crippen LogP contribution in [-0.4, -0.2) is 24.7 Å². The van der Waals surface area contributed by atoms with E-state index in [2.05, 4.69) is 5.32 Å². The summed E-state index contributed by atoms with van der Waals surface area (Å²) >= 11 is 5.92. The van der Waals surface area contributed by atoms with Crippen molar-refractivity contribution in [2.75, 3.05) is 13.7 Å². The van der Waals surface area contributed by atoms with Crippen LogP contribution in [-0.2, 0) is 11.2 Å². The zero-order valence-corrected chi connectivity index (χ0v) is 13.3. The van der Waals surface area contributed by atoms with Crippen LogP contribution in [0.2, 0.25) is 5.02 Å². The molecule has 0 radical (unpaired) electrons. The second-order valence-corrected chi connectivity index (χ2v) is 5.44. The van der Waals surface area contributed by atoms with Gasteiger partial charge < -0.3 is 15.2 Å². The quantitative estimate of drug-likeness (QED) is 0.852. The van der Waals surface area contributed by atoms with Gasteiger partial charge in [0.15, 0.2) is 0 Å². The van der Waals surface area contributed by atoms with Crippen molar-refractivity contribution < 1.29 is 19.0 Å². The number of hydrogen-bond donors (Lipinski definition) is 2. The van der Waals surface area contributed by atoms with Crippen molar-refractivity contribution in [2.45, 2.75) is 12.5 Å². The Kier molecular flexibility index (Phi) is 5.96. The molecule has 4 nitrogen and oxygen atoms in total. The van der Waals surface area contributed by atoms with Crippen molar-refractivity contribution in [1.29, 1.82) is 0 Å². The fourth-order valence-corrected chi connectivity index (χ4v) is 2.33. The van der Waals surface area contributed by atoms with Gasteiger partial charge in [0.2, 0.25) is 5.91 Å². The van der Waals surface area contributed by atoms with Gasteiger partial charge in [0.25, 0.3) is 0 Å². The molecule has 0 bridgehead atoms. The van der Waals surface area contributed by atoms with Gasteiger partial charge in [-0.25, -0.2) is 4.39 Å². The number of ether oxygens (including phenoxy) is 1. The summed E-state index contributed by atoms with van der Waals surface area (Å²) in [6.45, 7) is 0.0351. The van der Waals surface area contributed by atoms with Gasteiger partial charge in [0.05, 0.1) is 19.6 Å². The summed E-state index contributed by atoms with van der Waals surface area (Å²) in [4.78, 5) is 12.0. The highest BCUT2D eigenvalue weighted by Crippen LogP contribution is 2.23. The van der Waals surface area contributed by atoms with Crippen molar-refractivity contribution in [3.8, 4) is 5.75 Å². The minimum absolute atomic E-state index is 0.0351. The number of amides is 1. The Labute approximate surface area is 138 Å². The third kappa shape index (κ3) is 4.94. The number of hydrogen-bond acceptors (Lipinski definition) is 3. The Balaban J connectivity index is 1.92. The zero-order valence-electron chi connectivity index (χ0n) is 12.6. The number of nitrogens with one attached hydrogen (secondary N) is 1. The number of rotatable bonds is 6. The van der Waals surface area contributed by atoms with E-state index in [9.17, 15) is 14.3 Å². The number of aliphatic hydroxyl groups is 1. The molecule has 0 heterocycles. The summed E-state index contributed by atoms with van der Waals surface area (Å²) in [5, 5.41) is 13.1. The minimum atomic E-state index is -0.902. The van der Waals surface area contributed by atoms with Crippen LogP contribution in [0.1, 0.15) is 17.2 Å². The van der Waals surface area contributed by atoms with E-state index in [1.165, 1.54) is 31.4 Å². The lowest BCUT2D eigenvalue weighted by Crippen LogP contribution is -2.29. The lowest BCUT2D eigenvalue weighted by molar-refractivity contribution is -0.120. The average molecular weight is 338 g/mol. The molecule has 0 saturated heterocycles. The molecule has 0 saturated carbocycles. The largest absolute Gasteiger partial charge is 0.496 e. The molecule has 6 heteroatoms. The minimum Gasteiger partial charge on any atom is -0.496 e. The molecule has 0 aromatic heterocycles. The van der Waals surface area contributed by atoms with E-state index in [1.54, 1.807) is 18.2 Å². The summed E-state index contributed by atoms with van der Waals surface area (Å²) in [7, 11) is 1.52. The molecule has 0 fully saturated rings. The molecular formula is C17H17ClFNO3. The van der Waals surface area contributed by atoms with Crippen molar-refractivity contribution in [2.24, 2.45) is 0 Å². The monoisotopic (exact) mass is 337 g/mol. The molecule has 1 amide bonds. The van der Waals surface area contributed by atoms with E-state index in [0.29, 0.717) is 21.9 Å². The summed E-state index contributed by atoms with van der Waals surface area (Å²) in [6.07, 6.45) is -0.819. The van der Waals surface area contributed by atoms with Crippen LogP contribution < -0.4 is 10.1 Å². The first-order chi connectivity index (χ1) is 11.0. The number of methoxy groups -OCH3 is 1.